The molecule has 2 aromatic rings. The van der Waals surface area contributed by atoms with Gasteiger partial charge in [0.05, 0.1) is 0 Å². The lowest BCUT2D eigenvalue weighted by Gasteiger charge is -2.32. The van der Waals surface area contributed by atoms with Crippen molar-refractivity contribution in [3.8, 4) is 6.01 Å². The highest BCUT2D eigenvalue weighted by Crippen LogP contribution is 2.12. The van der Waals surface area contributed by atoms with E-state index in [1.165, 1.54) is 5.56 Å². The van der Waals surface area contributed by atoms with Crippen molar-refractivity contribution in [1.29, 1.82) is 0 Å². The highest BCUT2D eigenvalue weighted by Gasteiger charge is 2.13. The van der Waals surface area contributed by atoms with Crippen LogP contribution in [0.15, 0.2) is 42.7 Å². The third-order valence-electron chi connectivity index (χ3n) is 3.90. The number of nitrogens with zero attached hydrogens (tertiary/aromatic N) is 4. The summed E-state index contributed by atoms with van der Waals surface area (Å²) in [6.07, 6.45) is 3.37. The maximum atomic E-state index is 5.61. The Morgan fingerprint density at radius 2 is 1.73 bits per heavy atom. The highest BCUT2D eigenvalue weighted by molar-refractivity contribution is 5.23. The molecule has 3 rings (SSSR count). The summed E-state index contributed by atoms with van der Waals surface area (Å²) in [6.45, 7) is 6.07. The molecule has 5 nitrogen and oxygen atoms in total. The summed E-state index contributed by atoms with van der Waals surface area (Å²) in [5.41, 5.74) is 2.48. The minimum atomic E-state index is 0.423. The molecular formula is C17H22N4O. The topological polar surface area (TPSA) is 41.5 Å². The number of piperazine rings is 1. The Bertz CT molecular complexity index is 582. The second kappa shape index (κ2) is 7.33. The van der Waals surface area contributed by atoms with Gasteiger partial charge in [0.1, 0.15) is 6.61 Å². The van der Waals surface area contributed by atoms with Crippen LogP contribution in [0, 0.1) is 0 Å². The molecule has 0 spiro atoms. The molecule has 0 bridgehead atoms. The van der Waals surface area contributed by atoms with Gasteiger partial charge in [-0.2, -0.15) is 0 Å². The molecule has 1 aromatic heterocycles. The van der Waals surface area contributed by atoms with E-state index in [2.05, 4.69) is 51.1 Å². The molecule has 1 fully saturated rings. The number of likely N-dealkylation sites (N-methyl/N-ethyl adjacent to an activating group) is 1. The number of aromatic nitrogens is 2. The first-order valence-electron chi connectivity index (χ1n) is 7.68. The van der Waals surface area contributed by atoms with Crippen LogP contribution in [0.1, 0.15) is 11.1 Å². The van der Waals surface area contributed by atoms with E-state index in [9.17, 15) is 0 Å². The molecular weight excluding hydrogens is 276 g/mol. The Kier molecular flexibility index (Phi) is 4.98. The SMILES string of the molecule is CN1CCN(Cc2cccc(COc3ncccn3)c2)CC1. The summed E-state index contributed by atoms with van der Waals surface area (Å²) in [6, 6.07) is 10.8. The minimum absolute atomic E-state index is 0.423. The van der Waals surface area contributed by atoms with Crippen LogP contribution in [0.3, 0.4) is 0 Å². The van der Waals surface area contributed by atoms with E-state index < -0.39 is 0 Å². The summed E-state index contributed by atoms with van der Waals surface area (Å²) in [4.78, 5) is 13.0. The summed E-state index contributed by atoms with van der Waals surface area (Å²) in [7, 11) is 2.18. The number of hydrogen-bond acceptors (Lipinski definition) is 5. The maximum Gasteiger partial charge on any atom is 0.316 e. The van der Waals surface area contributed by atoms with Gasteiger partial charge < -0.3 is 9.64 Å². The van der Waals surface area contributed by atoms with Gasteiger partial charge in [-0.1, -0.05) is 24.3 Å². The molecule has 0 atom stereocenters. The van der Waals surface area contributed by atoms with Crippen LogP contribution in [0.2, 0.25) is 0 Å². The highest BCUT2D eigenvalue weighted by atomic mass is 16.5. The van der Waals surface area contributed by atoms with Gasteiger partial charge >= 0.3 is 6.01 Å². The second-order valence-electron chi connectivity index (χ2n) is 5.72. The average Bonchev–Trinajstić information content (AvgIpc) is 2.57. The van der Waals surface area contributed by atoms with Crippen molar-refractivity contribution >= 4 is 0 Å². The van der Waals surface area contributed by atoms with E-state index in [-0.39, 0.29) is 0 Å². The third-order valence-corrected chi connectivity index (χ3v) is 3.90. The molecule has 0 N–H and O–H groups in total. The quantitative estimate of drug-likeness (QED) is 0.842. The van der Waals surface area contributed by atoms with E-state index in [0.29, 0.717) is 12.6 Å². The van der Waals surface area contributed by atoms with Crippen molar-refractivity contribution in [2.45, 2.75) is 13.2 Å². The van der Waals surface area contributed by atoms with Crippen LogP contribution < -0.4 is 4.74 Å². The molecule has 0 saturated carbocycles. The van der Waals surface area contributed by atoms with Gasteiger partial charge in [-0.15, -0.1) is 0 Å². The van der Waals surface area contributed by atoms with Crippen molar-refractivity contribution in [2.75, 3.05) is 33.2 Å². The van der Waals surface area contributed by atoms with E-state index in [1.54, 1.807) is 18.5 Å². The maximum absolute atomic E-state index is 5.61. The predicted molar refractivity (Wildman–Crippen MR) is 85.6 cm³/mol. The Morgan fingerprint density at radius 1 is 1.00 bits per heavy atom. The van der Waals surface area contributed by atoms with E-state index in [0.717, 1.165) is 38.3 Å². The molecule has 0 unspecified atom stereocenters. The smallest absolute Gasteiger partial charge is 0.316 e. The van der Waals surface area contributed by atoms with Crippen LogP contribution >= 0.6 is 0 Å². The summed E-state index contributed by atoms with van der Waals surface area (Å²) >= 11 is 0. The molecule has 0 amide bonds. The largest absolute Gasteiger partial charge is 0.459 e. The summed E-state index contributed by atoms with van der Waals surface area (Å²) < 4.78 is 5.61. The van der Waals surface area contributed by atoms with Crippen LogP contribution in [0.4, 0.5) is 0 Å². The van der Waals surface area contributed by atoms with Gasteiger partial charge in [0.25, 0.3) is 0 Å². The summed E-state index contributed by atoms with van der Waals surface area (Å²) in [5.74, 6) is 0. The normalized spacial score (nSPS) is 16.6. The fraction of sp³-hybridized carbons (Fsp3) is 0.412. The lowest BCUT2D eigenvalue weighted by atomic mass is 10.1. The molecule has 0 radical (unpaired) electrons. The Balaban J connectivity index is 1.55. The van der Waals surface area contributed by atoms with Gasteiger partial charge in [-0.25, -0.2) is 9.97 Å². The molecule has 1 aliphatic heterocycles. The molecule has 5 heteroatoms. The molecule has 22 heavy (non-hydrogen) atoms. The van der Waals surface area contributed by atoms with Crippen molar-refractivity contribution < 1.29 is 4.74 Å². The van der Waals surface area contributed by atoms with Crippen LogP contribution in [-0.4, -0.2) is 53.0 Å². The zero-order chi connectivity index (χ0) is 15.2. The first-order valence-corrected chi connectivity index (χ1v) is 7.68. The molecule has 1 aromatic carbocycles. The molecule has 116 valence electrons. The Hall–Kier alpha value is -1.98. The lowest BCUT2D eigenvalue weighted by Crippen LogP contribution is -2.43. The van der Waals surface area contributed by atoms with Gasteiger partial charge in [0.15, 0.2) is 0 Å². The molecule has 2 heterocycles. The van der Waals surface area contributed by atoms with Gasteiger partial charge in [-0.3, -0.25) is 4.90 Å². The number of ether oxygens (including phenoxy) is 1. The Morgan fingerprint density at radius 3 is 2.50 bits per heavy atom. The number of benzene rings is 1. The van der Waals surface area contributed by atoms with Crippen LogP contribution in [-0.2, 0) is 13.2 Å². The zero-order valence-electron chi connectivity index (χ0n) is 13.0. The molecule has 1 aliphatic rings. The monoisotopic (exact) mass is 298 g/mol. The fourth-order valence-electron chi connectivity index (χ4n) is 2.59. The predicted octanol–water partition coefficient (Wildman–Crippen LogP) is 1.80. The van der Waals surface area contributed by atoms with E-state index >= 15 is 0 Å². The van der Waals surface area contributed by atoms with Crippen molar-refractivity contribution in [3.63, 3.8) is 0 Å². The summed E-state index contributed by atoms with van der Waals surface area (Å²) in [5, 5.41) is 0. The van der Waals surface area contributed by atoms with Crippen molar-refractivity contribution in [2.24, 2.45) is 0 Å². The van der Waals surface area contributed by atoms with Gasteiger partial charge in [-0.05, 0) is 24.2 Å². The molecule has 0 aliphatic carbocycles. The van der Waals surface area contributed by atoms with Crippen molar-refractivity contribution in [1.82, 2.24) is 19.8 Å². The lowest BCUT2D eigenvalue weighted by molar-refractivity contribution is 0.148. The van der Waals surface area contributed by atoms with Gasteiger partial charge in [0, 0.05) is 45.1 Å². The van der Waals surface area contributed by atoms with Gasteiger partial charge in [0.2, 0.25) is 0 Å². The standard InChI is InChI=1S/C17H22N4O/c1-20-8-10-21(11-9-20)13-15-4-2-5-16(12-15)14-22-17-18-6-3-7-19-17/h2-7,12H,8-11,13-14H2,1H3. The average molecular weight is 298 g/mol. The second-order valence-corrected chi connectivity index (χ2v) is 5.72. The van der Waals surface area contributed by atoms with E-state index in [1.807, 2.05) is 0 Å². The molecule has 1 saturated heterocycles. The van der Waals surface area contributed by atoms with E-state index in [4.69, 9.17) is 4.74 Å². The van der Waals surface area contributed by atoms with Crippen molar-refractivity contribution in [3.05, 3.63) is 53.9 Å². The number of rotatable bonds is 5. The fourth-order valence-corrected chi connectivity index (χ4v) is 2.59. The number of hydrogen-bond donors (Lipinski definition) is 0. The van der Waals surface area contributed by atoms with Crippen LogP contribution in [0.5, 0.6) is 6.01 Å². The zero-order valence-corrected chi connectivity index (χ0v) is 13.0. The van der Waals surface area contributed by atoms with Crippen LogP contribution in [0.25, 0.3) is 0 Å². The first-order chi connectivity index (χ1) is 10.8. The minimum Gasteiger partial charge on any atom is -0.459 e. The Labute approximate surface area is 131 Å². The first kappa shape index (κ1) is 14.9. The third kappa shape index (κ3) is 4.26.